The molecule has 1 aromatic heterocycles. The van der Waals surface area contributed by atoms with Gasteiger partial charge in [0.05, 0.1) is 18.1 Å². The van der Waals surface area contributed by atoms with Crippen LogP contribution >= 0.6 is 0 Å². The highest BCUT2D eigenvalue weighted by molar-refractivity contribution is 5.79. The van der Waals surface area contributed by atoms with Crippen LogP contribution < -0.4 is 10.5 Å². The minimum Gasteiger partial charge on any atom is -0.497 e. The Labute approximate surface area is 108 Å². The molecule has 0 radical (unpaired) electrons. The third kappa shape index (κ3) is 2.58. The van der Waals surface area contributed by atoms with Crippen molar-refractivity contribution >= 4 is 17.0 Å². The number of nitrogen functional groups attached to an aromatic ring is 1. The predicted molar refractivity (Wildman–Crippen MR) is 74.8 cm³/mol. The number of aryl methyl sites for hydroxylation is 1. The summed E-state index contributed by atoms with van der Waals surface area (Å²) in [4.78, 5) is 4.38. The van der Waals surface area contributed by atoms with E-state index in [2.05, 4.69) is 16.5 Å². The van der Waals surface area contributed by atoms with E-state index in [1.807, 2.05) is 18.2 Å². The van der Waals surface area contributed by atoms with E-state index < -0.39 is 0 Å². The topological polar surface area (TPSA) is 53.1 Å². The number of ether oxygens (including phenoxy) is 1. The van der Waals surface area contributed by atoms with Crippen LogP contribution in [0.4, 0.5) is 5.95 Å². The number of hydrogen-bond donors (Lipinski definition) is 1. The number of nitrogens with two attached hydrogens (primary N) is 1. The van der Waals surface area contributed by atoms with Crippen LogP contribution in [0.25, 0.3) is 11.0 Å². The SMILES string of the molecule is CCCCCCn1c(N)nc2cc(OC)ccc21. The van der Waals surface area contributed by atoms with Gasteiger partial charge in [0, 0.05) is 12.6 Å². The summed E-state index contributed by atoms with van der Waals surface area (Å²) in [6.45, 7) is 3.15. The van der Waals surface area contributed by atoms with Crippen molar-refractivity contribution in [2.45, 2.75) is 39.2 Å². The summed E-state index contributed by atoms with van der Waals surface area (Å²) < 4.78 is 7.28. The average molecular weight is 247 g/mol. The minimum absolute atomic E-state index is 0.592. The van der Waals surface area contributed by atoms with Gasteiger partial charge in [0.25, 0.3) is 0 Å². The first-order valence-corrected chi connectivity index (χ1v) is 6.56. The van der Waals surface area contributed by atoms with E-state index in [1.54, 1.807) is 7.11 Å². The van der Waals surface area contributed by atoms with Gasteiger partial charge in [-0.15, -0.1) is 0 Å². The Morgan fingerprint density at radius 3 is 2.83 bits per heavy atom. The standard InChI is InChI=1S/C14H21N3O/c1-3-4-5-6-9-17-13-8-7-11(18-2)10-12(13)16-14(17)15/h7-8,10H,3-6,9H2,1-2H3,(H2,15,16). The van der Waals surface area contributed by atoms with Crippen LogP contribution in [0.15, 0.2) is 18.2 Å². The number of aromatic nitrogens is 2. The van der Waals surface area contributed by atoms with Gasteiger partial charge in [-0.3, -0.25) is 0 Å². The van der Waals surface area contributed by atoms with Crippen molar-refractivity contribution < 1.29 is 4.74 Å². The Bertz CT molecular complexity index is 519. The minimum atomic E-state index is 0.592. The number of imidazole rings is 1. The van der Waals surface area contributed by atoms with Crippen molar-refractivity contribution in [1.82, 2.24) is 9.55 Å². The van der Waals surface area contributed by atoms with Crippen LogP contribution in [0.3, 0.4) is 0 Å². The number of nitrogens with zero attached hydrogens (tertiary/aromatic N) is 2. The summed E-state index contributed by atoms with van der Waals surface area (Å²) >= 11 is 0. The maximum absolute atomic E-state index is 5.97. The summed E-state index contributed by atoms with van der Waals surface area (Å²) in [6, 6.07) is 5.90. The van der Waals surface area contributed by atoms with Gasteiger partial charge in [0.15, 0.2) is 0 Å². The van der Waals surface area contributed by atoms with Crippen LogP contribution in [-0.2, 0) is 6.54 Å². The van der Waals surface area contributed by atoms with Crippen molar-refractivity contribution in [1.29, 1.82) is 0 Å². The number of rotatable bonds is 6. The fourth-order valence-corrected chi connectivity index (χ4v) is 2.19. The van der Waals surface area contributed by atoms with Gasteiger partial charge in [-0.1, -0.05) is 26.2 Å². The molecule has 4 heteroatoms. The number of benzene rings is 1. The second kappa shape index (κ2) is 5.76. The monoisotopic (exact) mass is 247 g/mol. The molecule has 0 aliphatic rings. The number of methoxy groups -OCH3 is 1. The first-order chi connectivity index (χ1) is 8.76. The summed E-state index contributed by atoms with van der Waals surface area (Å²) in [5, 5.41) is 0. The molecule has 2 N–H and O–H groups in total. The second-order valence-corrected chi connectivity index (χ2v) is 4.54. The van der Waals surface area contributed by atoms with Crippen LogP contribution in [0.2, 0.25) is 0 Å². The highest BCUT2D eigenvalue weighted by Gasteiger charge is 2.08. The van der Waals surface area contributed by atoms with Crippen LogP contribution in [0.1, 0.15) is 32.6 Å². The zero-order valence-electron chi connectivity index (χ0n) is 11.1. The Morgan fingerprint density at radius 2 is 2.11 bits per heavy atom. The lowest BCUT2D eigenvalue weighted by molar-refractivity contribution is 0.415. The molecule has 2 rings (SSSR count). The van der Waals surface area contributed by atoms with Gasteiger partial charge in [0.2, 0.25) is 5.95 Å². The van der Waals surface area contributed by atoms with E-state index in [-0.39, 0.29) is 0 Å². The summed E-state index contributed by atoms with van der Waals surface area (Å²) in [5.41, 5.74) is 7.96. The third-order valence-corrected chi connectivity index (χ3v) is 3.22. The van der Waals surface area contributed by atoms with Crippen molar-refractivity contribution in [2.24, 2.45) is 0 Å². The van der Waals surface area contributed by atoms with Crippen LogP contribution in [0.5, 0.6) is 5.75 Å². The first-order valence-electron chi connectivity index (χ1n) is 6.56. The molecule has 18 heavy (non-hydrogen) atoms. The maximum Gasteiger partial charge on any atom is 0.201 e. The lowest BCUT2D eigenvalue weighted by atomic mass is 10.2. The smallest absolute Gasteiger partial charge is 0.201 e. The lowest BCUT2D eigenvalue weighted by Gasteiger charge is -2.06. The molecule has 0 aliphatic heterocycles. The normalized spacial score (nSPS) is 11.0. The molecule has 4 nitrogen and oxygen atoms in total. The fraction of sp³-hybridized carbons (Fsp3) is 0.500. The number of hydrogen-bond acceptors (Lipinski definition) is 3. The molecule has 0 fully saturated rings. The highest BCUT2D eigenvalue weighted by atomic mass is 16.5. The second-order valence-electron chi connectivity index (χ2n) is 4.54. The molecule has 0 amide bonds. The quantitative estimate of drug-likeness (QED) is 0.797. The summed E-state index contributed by atoms with van der Waals surface area (Å²) in [6.07, 6.45) is 4.92. The van der Waals surface area contributed by atoms with Crippen LogP contribution in [-0.4, -0.2) is 16.7 Å². The Balaban J connectivity index is 2.19. The molecule has 0 aliphatic carbocycles. The molecular formula is C14H21N3O. The number of anilines is 1. The molecule has 1 aromatic carbocycles. The Morgan fingerprint density at radius 1 is 1.28 bits per heavy atom. The maximum atomic E-state index is 5.97. The van der Waals surface area contributed by atoms with Gasteiger partial charge < -0.3 is 15.0 Å². The van der Waals surface area contributed by atoms with Crippen molar-refractivity contribution in [3.8, 4) is 5.75 Å². The highest BCUT2D eigenvalue weighted by Crippen LogP contribution is 2.23. The predicted octanol–water partition coefficient (Wildman–Crippen LogP) is 3.21. The Hall–Kier alpha value is -1.71. The van der Waals surface area contributed by atoms with Gasteiger partial charge >= 0.3 is 0 Å². The largest absolute Gasteiger partial charge is 0.497 e. The molecule has 1 heterocycles. The summed E-state index contributed by atoms with van der Waals surface area (Å²) in [5.74, 6) is 1.41. The van der Waals surface area contributed by atoms with E-state index in [0.717, 1.165) is 29.7 Å². The van der Waals surface area contributed by atoms with Gasteiger partial charge in [-0.2, -0.15) is 0 Å². The molecular weight excluding hydrogens is 226 g/mol. The van der Waals surface area contributed by atoms with Crippen LogP contribution in [0, 0.1) is 0 Å². The number of unbranched alkanes of at least 4 members (excludes halogenated alkanes) is 3. The number of fused-ring (bicyclic) bond motifs is 1. The van der Waals surface area contributed by atoms with E-state index in [1.165, 1.54) is 19.3 Å². The molecule has 98 valence electrons. The van der Waals surface area contributed by atoms with Gasteiger partial charge in [-0.25, -0.2) is 4.98 Å². The molecule has 0 saturated carbocycles. The molecule has 0 spiro atoms. The average Bonchev–Trinajstić information content (AvgIpc) is 2.69. The zero-order valence-corrected chi connectivity index (χ0v) is 11.1. The Kier molecular flexibility index (Phi) is 4.07. The molecule has 2 aromatic rings. The first kappa shape index (κ1) is 12.7. The van der Waals surface area contributed by atoms with Gasteiger partial charge in [0.1, 0.15) is 5.75 Å². The third-order valence-electron chi connectivity index (χ3n) is 3.22. The summed E-state index contributed by atoms with van der Waals surface area (Å²) in [7, 11) is 1.66. The zero-order chi connectivity index (χ0) is 13.0. The molecule has 0 saturated heterocycles. The fourth-order valence-electron chi connectivity index (χ4n) is 2.19. The van der Waals surface area contributed by atoms with Gasteiger partial charge in [-0.05, 0) is 18.6 Å². The van der Waals surface area contributed by atoms with E-state index >= 15 is 0 Å². The molecule has 0 bridgehead atoms. The lowest BCUT2D eigenvalue weighted by Crippen LogP contribution is -2.03. The molecule has 0 unspecified atom stereocenters. The van der Waals surface area contributed by atoms with Crippen molar-refractivity contribution in [2.75, 3.05) is 12.8 Å². The van der Waals surface area contributed by atoms with E-state index in [9.17, 15) is 0 Å². The van der Waals surface area contributed by atoms with Crippen molar-refractivity contribution in [3.63, 3.8) is 0 Å². The van der Waals surface area contributed by atoms with E-state index in [4.69, 9.17) is 10.5 Å². The van der Waals surface area contributed by atoms with Crippen molar-refractivity contribution in [3.05, 3.63) is 18.2 Å². The molecule has 0 atom stereocenters. The van der Waals surface area contributed by atoms with E-state index in [0.29, 0.717) is 5.95 Å².